The van der Waals surface area contributed by atoms with Crippen LogP contribution in [0.3, 0.4) is 0 Å². The number of thioether (sulfide) groups is 1. The lowest BCUT2D eigenvalue weighted by atomic mass is 10.2. The molecule has 164 valence electrons. The van der Waals surface area contributed by atoms with Crippen molar-refractivity contribution >= 4 is 46.5 Å². The molecule has 1 amide bonds. The van der Waals surface area contributed by atoms with Crippen LogP contribution in [0.25, 0.3) is 6.08 Å². The van der Waals surface area contributed by atoms with Crippen LogP contribution in [-0.4, -0.2) is 51.3 Å². The third-order valence-corrected chi connectivity index (χ3v) is 5.29. The highest BCUT2D eigenvalue weighted by Gasteiger charge is 2.32. The minimum atomic E-state index is -1.03. The number of carbonyl (C=O) groups excluding carboxylic acids is 1. The van der Waals surface area contributed by atoms with E-state index in [0.29, 0.717) is 21.5 Å². The van der Waals surface area contributed by atoms with E-state index in [4.69, 9.17) is 14.9 Å². The van der Waals surface area contributed by atoms with Crippen LogP contribution in [0.1, 0.15) is 22.3 Å². The van der Waals surface area contributed by atoms with E-state index in [1.807, 2.05) is 6.07 Å². The van der Waals surface area contributed by atoms with Crippen molar-refractivity contribution in [2.75, 3.05) is 13.2 Å². The molecular formula is C23H20N2O6S. The molecular weight excluding hydrogens is 432 g/mol. The van der Waals surface area contributed by atoms with Gasteiger partial charge < -0.3 is 14.9 Å². The summed E-state index contributed by atoms with van der Waals surface area (Å²) in [5.74, 6) is -1.69. The summed E-state index contributed by atoms with van der Waals surface area (Å²) >= 11 is 1.20. The molecule has 1 heterocycles. The van der Waals surface area contributed by atoms with E-state index >= 15 is 0 Å². The lowest BCUT2D eigenvalue weighted by molar-refractivity contribution is -0.137. The number of benzene rings is 2. The Morgan fingerprint density at radius 1 is 1.16 bits per heavy atom. The van der Waals surface area contributed by atoms with Gasteiger partial charge in [-0.2, -0.15) is 0 Å². The number of rotatable bonds is 9. The summed E-state index contributed by atoms with van der Waals surface area (Å²) in [6, 6.07) is 13.1. The summed E-state index contributed by atoms with van der Waals surface area (Å²) in [4.78, 5) is 41.0. The lowest BCUT2D eigenvalue weighted by Gasteiger charge is -2.12. The quantitative estimate of drug-likeness (QED) is 0.436. The maximum absolute atomic E-state index is 12.9. The summed E-state index contributed by atoms with van der Waals surface area (Å²) in [5, 5.41) is 18.2. The number of aliphatic carboxylic acids is 1. The van der Waals surface area contributed by atoms with Crippen molar-refractivity contribution in [2.24, 2.45) is 4.99 Å². The van der Waals surface area contributed by atoms with E-state index in [-0.39, 0.29) is 31.0 Å². The zero-order chi connectivity index (χ0) is 23.1. The molecule has 1 saturated heterocycles. The van der Waals surface area contributed by atoms with Crippen LogP contribution >= 0.6 is 11.8 Å². The molecule has 0 unspecified atom stereocenters. The summed E-state index contributed by atoms with van der Waals surface area (Å²) in [6.07, 6.45) is 3.20. The third-order valence-electron chi connectivity index (χ3n) is 4.28. The molecule has 32 heavy (non-hydrogen) atoms. The van der Waals surface area contributed by atoms with Crippen LogP contribution in [0.4, 0.5) is 5.69 Å². The third kappa shape index (κ3) is 5.86. The Balaban J connectivity index is 1.83. The van der Waals surface area contributed by atoms with Crippen LogP contribution in [0.5, 0.6) is 5.75 Å². The van der Waals surface area contributed by atoms with Gasteiger partial charge in [0, 0.05) is 6.54 Å². The standard InChI is InChI=1S/C23H20N2O6S/c1-2-11-25-21(28)19(14-15-4-3-5-18(13-15)31-12-10-20(26)27)32-23(25)24-17-8-6-16(7-9-17)22(29)30/h2-9,13-14H,1,10-12H2,(H,26,27)(H,29,30)/b19-14-,24-23?. The van der Waals surface area contributed by atoms with Gasteiger partial charge in [0.05, 0.1) is 29.2 Å². The predicted molar refractivity (Wildman–Crippen MR) is 122 cm³/mol. The van der Waals surface area contributed by atoms with Crippen molar-refractivity contribution in [1.82, 2.24) is 4.90 Å². The number of carboxylic acid groups (broad SMARTS) is 2. The van der Waals surface area contributed by atoms with Gasteiger partial charge in [-0.3, -0.25) is 14.5 Å². The minimum Gasteiger partial charge on any atom is -0.493 e. The maximum atomic E-state index is 12.9. The number of aromatic carboxylic acids is 1. The Morgan fingerprint density at radius 3 is 2.56 bits per heavy atom. The van der Waals surface area contributed by atoms with Crippen molar-refractivity contribution < 1.29 is 29.3 Å². The first-order valence-electron chi connectivity index (χ1n) is 9.56. The fraction of sp³-hybridized carbons (Fsp3) is 0.130. The van der Waals surface area contributed by atoms with E-state index in [9.17, 15) is 14.4 Å². The summed E-state index contributed by atoms with van der Waals surface area (Å²) < 4.78 is 5.44. The maximum Gasteiger partial charge on any atom is 0.335 e. The van der Waals surface area contributed by atoms with Crippen molar-refractivity contribution in [3.63, 3.8) is 0 Å². The fourth-order valence-electron chi connectivity index (χ4n) is 2.77. The van der Waals surface area contributed by atoms with Crippen LogP contribution in [0, 0.1) is 0 Å². The van der Waals surface area contributed by atoms with Gasteiger partial charge in [-0.15, -0.1) is 6.58 Å². The number of ether oxygens (including phenoxy) is 1. The molecule has 0 atom stereocenters. The number of hydrogen-bond acceptors (Lipinski definition) is 6. The second-order valence-corrected chi connectivity index (χ2v) is 7.64. The molecule has 2 aromatic rings. The van der Waals surface area contributed by atoms with Crippen LogP contribution in [0.15, 0.2) is 71.1 Å². The average molecular weight is 452 g/mol. The van der Waals surface area contributed by atoms with E-state index in [1.54, 1.807) is 42.5 Å². The van der Waals surface area contributed by atoms with Gasteiger partial charge in [0.15, 0.2) is 5.17 Å². The first kappa shape index (κ1) is 22.8. The van der Waals surface area contributed by atoms with Gasteiger partial charge >= 0.3 is 11.9 Å². The molecule has 3 rings (SSSR count). The van der Waals surface area contributed by atoms with Crippen molar-refractivity contribution in [3.05, 3.63) is 77.2 Å². The first-order valence-corrected chi connectivity index (χ1v) is 10.4. The van der Waals surface area contributed by atoms with Crippen molar-refractivity contribution in [3.8, 4) is 5.75 Å². The molecule has 0 aromatic heterocycles. The van der Waals surface area contributed by atoms with Crippen LogP contribution in [-0.2, 0) is 9.59 Å². The second-order valence-electron chi connectivity index (χ2n) is 6.63. The SMILES string of the molecule is C=CCN1C(=O)/C(=C/c2cccc(OCCC(=O)O)c2)SC1=Nc1ccc(C(=O)O)cc1. The van der Waals surface area contributed by atoms with Gasteiger partial charge in [0.25, 0.3) is 5.91 Å². The molecule has 0 spiro atoms. The van der Waals surface area contributed by atoms with Gasteiger partial charge in [0.1, 0.15) is 5.75 Å². The minimum absolute atomic E-state index is 0.0492. The van der Waals surface area contributed by atoms with Crippen molar-refractivity contribution in [1.29, 1.82) is 0 Å². The molecule has 0 radical (unpaired) electrons. The van der Waals surface area contributed by atoms with Gasteiger partial charge in [0.2, 0.25) is 0 Å². The Bertz CT molecular complexity index is 1110. The highest BCUT2D eigenvalue weighted by Crippen LogP contribution is 2.34. The molecule has 1 aliphatic rings. The number of hydrogen-bond donors (Lipinski definition) is 2. The largest absolute Gasteiger partial charge is 0.493 e. The predicted octanol–water partition coefficient (Wildman–Crippen LogP) is 4.03. The topological polar surface area (TPSA) is 117 Å². The lowest BCUT2D eigenvalue weighted by Crippen LogP contribution is -2.29. The van der Waals surface area contributed by atoms with E-state index in [0.717, 1.165) is 5.56 Å². The number of amidine groups is 1. The molecule has 1 aliphatic heterocycles. The highest BCUT2D eigenvalue weighted by atomic mass is 32.2. The smallest absolute Gasteiger partial charge is 0.335 e. The summed E-state index contributed by atoms with van der Waals surface area (Å²) in [6.45, 7) is 4.01. The average Bonchev–Trinajstić information content (AvgIpc) is 3.03. The molecule has 2 N–H and O–H groups in total. The highest BCUT2D eigenvalue weighted by molar-refractivity contribution is 8.18. The van der Waals surface area contributed by atoms with E-state index in [1.165, 1.54) is 28.8 Å². The number of amides is 1. The molecule has 1 fully saturated rings. The normalized spacial score (nSPS) is 15.9. The molecule has 8 nitrogen and oxygen atoms in total. The summed E-state index contributed by atoms with van der Waals surface area (Å²) in [5.41, 5.74) is 1.40. The van der Waals surface area contributed by atoms with Crippen LogP contribution in [0.2, 0.25) is 0 Å². The van der Waals surface area contributed by atoms with Crippen LogP contribution < -0.4 is 4.74 Å². The molecule has 9 heteroatoms. The number of aliphatic imine (C=N–C) groups is 1. The number of carbonyl (C=O) groups is 3. The zero-order valence-electron chi connectivity index (χ0n) is 16.9. The Hall–Kier alpha value is -3.85. The monoisotopic (exact) mass is 452 g/mol. The van der Waals surface area contributed by atoms with Gasteiger partial charge in [-0.25, -0.2) is 9.79 Å². The van der Waals surface area contributed by atoms with Gasteiger partial charge in [-0.05, 0) is 59.8 Å². The molecule has 2 aromatic carbocycles. The molecule has 0 saturated carbocycles. The Morgan fingerprint density at radius 2 is 1.91 bits per heavy atom. The zero-order valence-corrected chi connectivity index (χ0v) is 17.7. The first-order chi connectivity index (χ1) is 15.4. The fourth-order valence-corrected chi connectivity index (χ4v) is 3.78. The van der Waals surface area contributed by atoms with Gasteiger partial charge in [-0.1, -0.05) is 18.2 Å². The molecule has 0 bridgehead atoms. The van der Waals surface area contributed by atoms with E-state index < -0.39 is 11.9 Å². The second kappa shape index (κ2) is 10.5. The van der Waals surface area contributed by atoms with E-state index in [2.05, 4.69) is 11.6 Å². The number of nitrogens with zero attached hydrogens (tertiary/aromatic N) is 2. The molecule has 0 aliphatic carbocycles. The number of carboxylic acids is 2. The Kier molecular flexibility index (Phi) is 7.45. The van der Waals surface area contributed by atoms with Crippen molar-refractivity contribution in [2.45, 2.75) is 6.42 Å². The Labute approximate surface area is 188 Å². The summed E-state index contributed by atoms with van der Waals surface area (Å²) in [7, 11) is 0.